The zero-order valence-corrected chi connectivity index (χ0v) is 9.58. The predicted molar refractivity (Wildman–Crippen MR) is 67.3 cm³/mol. The molecule has 0 bridgehead atoms. The van der Waals surface area contributed by atoms with Crippen LogP contribution in [0.15, 0.2) is 35.0 Å². The van der Waals surface area contributed by atoms with Crippen LogP contribution in [0.3, 0.4) is 0 Å². The Kier molecular flexibility index (Phi) is 2.19. The Hall–Kier alpha value is -2.14. The molecule has 1 aromatic heterocycles. The Bertz CT molecular complexity index is 746. The summed E-state index contributed by atoms with van der Waals surface area (Å²) in [6.07, 6.45) is 3.71. The predicted octanol–water partition coefficient (Wildman–Crippen LogP) is 1.23. The van der Waals surface area contributed by atoms with E-state index in [4.69, 9.17) is 12.2 Å². The highest BCUT2D eigenvalue weighted by molar-refractivity contribution is 7.71. The van der Waals surface area contributed by atoms with Crippen LogP contribution in [-0.2, 0) is 0 Å². The van der Waals surface area contributed by atoms with Gasteiger partial charge in [0.15, 0.2) is 4.77 Å². The molecule has 0 amide bonds. The summed E-state index contributed by atoms with van der Waals surface area (Å²) in [5.41, 5.74) is 1.32. The van der Waals surface area contributed by atoms with Crippen molar-refractivity contribution in [1.29, 1.82) is 0 Å². The Balaban J connectivity index is 2.12. The van der Waals surface area contributed by atoms with Crippen molar-refractivity contribution in [3.63, 3.8) is 0 Å². The fourth-order valence-electron chi connectivity index (χ4n) is 1.76. The van der Waals surface area contributed by atoms with Crippen molar-refractivity contribution in [1.82, 2.24) is 9.97 Å². The average molecular weight is 243 g/mol. The highest BCUT2D eigenvalue weighted by atomic mass is 32.1. The van der Waals surface area contributed by atoms with Gasteiger partial charge < -0.3 is 15.1 Å². The normalized spacial score (nSPS) is 15.4. The summed E-state index contributed by atoms with van der Waals surface area (Å²) in [6, 6.07) is 7.86. The third-order valence-corrected chi connectivity index (χ3v) is 2.72. The van der Waals surface area contributed by atoms with Crippen molar-refractivity contribution >= 4 is 24.4 Å². The van der Waals surface area contributed by atoms with Crippen molar-refractivity contribution in [3.8, 4) is 5.88 Å². The summed E-state index contributed by atoms with van der Waals surface area (Å²) < 4.78 is 0.393. The number of hydrogen-bond donors (Lipinski definition) is 3. The van der Waals surface area contributed by atoms with E-state index in [1.54, 1.807) is 6.08 Å². The lowest BCUT2D eigenvalue weighted by Gasteiger charge is -1.89. The number of allylic oxidation sites excluding steroid dienone is 1. The molecular formula is C12H9N3OS. The lowest BCUT2D eigenvalue weighted by Crippen LogP contribution is -2.19. The number of aromatic hydroxyl groups is 1. The van der Waals surface area contributed by atoms with Gasteiger partial charge in [-0.1, -0.05) is 18.2 Å². The Morgan fingerprint density at radius 2 is 2.06 bits per heavy atom. The molecule has 3 N–H and O–H groups in total. The highest BCUT2D eigenvalue weighted by Gasteiger charge is 2.04. The number of benzene rings is 1. The molecule has 2 heterocycles. The number of rotatable bonds is 1. The molecule has 1 aromatic carbocycles. The van der Waals surface area contributed by atoms with Crippen molar-refractivity contribution in [2.45, 2.75) is 0 Å². The molecule has 2 aromatic rings. The van der Waals surface area contributed by atoms with Gasteiger partial charge in [0.05, 0.1) is 11.1 Å². The second kappa shape index (κ2) is 3.71. The summed E-state index contributed by atoms with van der Waals surface area (Å²) in [5.74, 6) is 0.0297. The Morgan fingerprint density at radius 1 is 1.24 bits per heavy atom. The maximum absolute atomic E-state index is 9.56. The molecule has 0 saturated carbocycles. The Morgan fingerprint density at radius 3 is 2.76 bits per heavy atom. The summed E-state index contributed by atoms with van der Waals surface area (Å²) >= 11 is 4.89. The topological polar surface area (TPSA) is 64.2 Å². The number of para-hydroxylation sites is 1. The zero-order chi connectivity index (χ0) is 11.8. The maximum Gasteiger partial charge on any atom is 0.215 e. The van der Waals surface area contributed by atoms with Crippen LogP contribution in [0.4, 0.5) is 0 Å². The van der Waals surface area contributed by atoms with E-state index >= 15 is 0 Å². The first-order valence-corrected chi connectivity index (χ1v) is 5.52. The minimum absolute atomic E-state index is 0.0297. The molecule has 5 heteroatoms. The van der Waals surface area contributed by atoms with E-state index in [0.29, 0.717) is 10.5 Å². The third kappa shape index (κ3) is 1.81. The number of hydrogen-bond acceptors (Lipinski definition) is 3. The number of nitrogens with zero attached hydrogens (tertiary/aromatic N) is 1. The molecule has 0 radical (unpaired) electrons. The lowest BCUT2D eigenvalue weighted by molar-refractivity contribution is 0.455. The van der Waals surface area contributed by atoms with Gasteiger partial charge in [-0.3, -0.25) is 0 Å². The molecule has 0 unspecified atom stereocenters. The first-order chi connectivity index (χ1) is 8.22. The molecule has 0 spiro atoms. The molecule has 0 saturated heterocycles. The molecule has 0 aliphatic carbocycles. The van der Waals surface area contributed by atoms with Gasteiger partial charge in [-0.05, 0) is 30.4 Å². The summed E-state index contributed by atoms with van der Waals surface area (Å²) in [7, 11) is 0. The van der Waals surface area contributed by atoms with E-state index in [0.717, 1.165) is 16.3 Å². The first kappa shape index (κ1) is 10.0. The monoisotopic (exact) mass is 243 g/mol. The lowest BCUT2D eigenvalue weighted by atomic mass is 10.2. The molecule has 0 fully saturated rings. The standard InChI is InChI=1S/C12H9N3OS/c16-11-10(14-12(17)15-11)6-8-5-7-3-1-2-4-9(7)13-8/h1-6,16H,(H2,14,15,17)/b8-6+. The van der Waals surface area contributed by atoms with Crippen LogP contribution in [0.25, 0.3) is 12.2 Å². The van der Waals surface area contributed by atoms with Crippen LogP contribution in [0.2, 0.25) is 0 Å². The van der Waals surface area contributed by atoms with Crippen molar-refractivity contribution < 1.29 is 5.11 Å². The minimum atomic E-state index is 0.0297. The summed E-state index contributed by atoms with van der Waals surface area (Å²) in [6.45, 7) is 0. The van der Waals surface area contributed by atoms with Crippen LogP contribution in [0.1, 0.15) is 5.69 Å². The van der Waals surface area contributed by atoms with Gasteiger partial charge in [0.25, 0.3) is 0 Å². The van der Waals surface area contributed by atoms with Gasteiger partial charge in [0.1, 0.15) is 5.69 Å². The molecule has 3 rings (SSSR count). The quantitative estimate of drug-likeness (QED) is 0.660. The molecular weight excluding hydrogens is 234 g/mol. The van der Waals surface area contributed by atoms with Crippen molar-refractivity contribution in [3.05, 3.63) is 51.0 Å². The second-order valence-corrected chi connectivity index (χ2v) is 4.13. The van der Waals surface area contributed by atoms with E-state index in [-0.39, 0.29) is 5.88 Å². The SMILES string of the molecule is Oc1[nH]c(=S)[nH]c1/C=C1\C=c2ccccc2=N1. The van der Waals surface area contributed by atoms with Crippen LogP contribution in [0, 0.1) is 4.77 Å². The molecule has 4 nitrogen and oxygen atoms in total. The van der Waals surface area contributed by atoms with Crippen molar-refractivity contribution in [2.24, 2.45) is 4.99 Å². The molecule has 17 heavy (non-hydrogen) atoms. The van der Waals surface area contributed by atoms with Gasteiger partial charge in [-0.2, -0.15) is 0 Å². The fourth-order valence-corrected chi connectivity index (χ4v) is 1.96. The first-order valence-electron chi connectivity index (χ1n) is 5.11. The van der Waals surface area contributed by atoms with Gasteiger partial charge in [-0.25, -0.2) is 4.99 Å². The maximum atomic E-state index is 9.56. The third-order valence-electron chi connectivity index (χ3n) is 2.52. The van der Waals surface area contributed by atoms with Crippen LogP contribution >= 0.6 is 12.2 Å². The number of aromatic nitrogens is 2. The van der Waals surface area contributed by atoms with Crippen LogP contribution in [-0.4, -0.2) is 15.1 Å². The van der Waals surface area contributed by atoms with E-state index < -0.39 is 0 Å². The smallest absolute Gasteiger partial charge is 0.215 e. The largest absolute Gasteiger partial charge is 0.493 e. The molecule has 84 valence electrons. The highest BCUT2D eigenvalue weighted by Crippen LogP contribution is 2.16. The average Bonchev–Trinajstić information content (AvgIpc) is 2.82. The number of nitrogens with one attached hydrogen (secondary N) is 2. The summed E-state index contributed by atoms with van der Waals surface area (Å²) in [5, 5.41) is 11.6. The van der Waals surface area contributed by atoms with Crippen LogP contribution in [0.5, 0.6) is 5.88 Å². The van der Waals surface area contributed by atoms with E-state index in [1.165, 1.54) is 0 Å². The summed E-state index contributed by atoms with van der Waals surface area (Å²) in [4.78, 5) is 9.89. The van der Waals surface area contributed by atoms with Gasteiger partial charge in [-0.15, -0.1) is 0 Å². The number of fused-ring (bicyclic) bond motifs is 1. The zero-order valence-electron chi connectivity index (χ0n) is 8.77. The molecule has 1 aliphatic heterocycles. The van der Waals surface area contributed by atoms with Crippen molar-refractivity contribution in [2.75, 3.05) is 0 Å². The minimum Gasteiger partial charge on any atom is -0.493 e. The van der Waals surface area contributed by atoms with E-state index in [1.807, 2.05) is 30.3 Å². The number of aromatic amines is 2. The van der Waals surface area contributed by atoms with Gasteiger partial charge in [0, 0.05) is 5.22 Å². The van der Waals surface area contributed by atoms with Gasteiger partial charge in [0.2, 0.25) is 5.88 Å². The number of H-pyrrole nitrogens is 2. The van der Waals surface area contributed by atoms with E-state index in [2.05, 4.69) is 15.0 Å². The number of imidazole rings is 1. The molecule has 0 atom stereocenters. The van der Waals surface area contributed by atoms with E-state index in [9.17, 15) is 5.11 Å². The van der Waals surface area contributed by atoms with Crippen LogP contribution < -0.4 is 10.6 Å². The molecule has 1 aliphatic rings. The fraction of sp³-hybridized carbons (Fsp3) is 0. The van der Waals surface area contributed by atoms with Gasteiger partial charge >= 0.3 is 0 Å². The second-order valence-electron chi connectivity index (χ2n) is 3.73. The Labute approximate surface area is 102 Å².